The van der Waals surface area contributed by atoms with Crippen molar-refractivity contribution in [1.82, 2.24) is 0 Å². The molecular weight excluding hydrogens is 262 g/mol. The summed E-state index contributed by atoms with van der Waals surface area (Å²) >= 11 is 0. The normalized spacial score (nSPS) is 4.00. The first-order valence-corrected chi connectivity index (χ1v) is 1.67. The molecule has 0 fully saturated rings. The summed E-state index contributed by atoms with van der Waals surface area (Å²) in [5, 5.41) is 0. The molecule has 0 atom stereocenters. The molecule has 0 aromatic heterocycles. The Balaban J connectivity index is -0.0000000167. The molecule has 0 aliphatic carbocycles. The van der Waals surface area contributed by atoms with Gasteiger partial charge in [-0.15, -0.1) is 0 Å². The van der Waals surface area contributed by atoms with Gasteiger partial charge >= 0.3 is 43.4 Å². The number of hydrogen-bond donors (Lipinski definition) is 0. The average molecular weight is 267 g/mol. The van der Waals surface area contributed by atoms with E-state index >= 15 is 0 Å². The predicted molar refractivity (Wildman–Crippen MR) is 22.0 cm³/mol. The molecule has 0 amide bonds. The van der Waals surface area contributed by atoms with Gasteiger partial charge in [-0.3, -0.25) is 0 Å². The molecule has 0 spiro atoms. The van der Waals surface area contributed by atoms with E-state index in [0.717, 1.165) is 0 Å². The summed E-state index contributed by atoms with van der Waals surface area (Å²) in [4.78, 5) is 0. The van der Waals surface area contributed by atoms with Crippen LogP contribution in [0.4, 0.5) is 0 Å². The number of rotatable bonds is 0. The van der Waals surface area contributed by atoms with Gasteiger partial charge in [0.2, 0.25) is 0 Å². The zero-order chi connectivity index (χ0) is 3.54. The molecule has 0 aliphatic rings. The number of halogens is 3. The standard InChI is InChI=1S/C5H5.3ClH.2Ti/c1-2-4-5-3-1;;;;;/h1-5H;3*1H;;/q-1;;;;2*+4/p-3. The SMILES string of the molecule is [Cl-].[Cl-].[Cl-].[Ti+4].[Ti+4].c1cc[cH-]c1. The molecule has 10 heavy (non-hydrogen) atoms. The molecular formula is C5H5Cl3Ti2+4. The zero-order valence-corrected chi connectivity index (χ0v) is 10.4. The summed E-state index contributed by atoms with van der Waals surface area (Å²) in [6.45, 7) is 0. The molecule has 0 N–H and O–H groups in total. The first kappa shape index (κ1) is 29.9. The molecule has 5 heteroatoms. The van der Waals surface area contributed by atoms with E-state index in [0.29, 0.717) is 0 Å². The van der Waals surface area contributed by atoms with Crippen LogP contribution in [0.15, 0.2) is 30.3 Å². The molecule has 0 radical (unpaired) electrons. The Morgan fingerprint density at radius 3 is 1.10 bits per heavy atom. The van der Waals surface area contributed by atoms with E-state index in [1.54, 1.807) is 0 Å². The molecule has 0 aliphatic heterocycles. The molecule has 0 saturated carbocycles. The molecule has 0 nitrogen and oxygen atoms in total. The van der Waals surface area contributed by atoms with Crippen molar-refractivity contribution in [1.29, 1.82) is 0 Å². The number of hydrogen-bond acceptors (Lipinski definition) is 0. The topological polar surface area (TPSA) is 0 Å². The fourth-order valence-electron chi connectivity index (χ4n) is 0.321. The molecule has 0 saturated heterocycles. The molecule has 1 rings (SSSR count). The van der Waals surface area contributed by atoms with Gasteiger partial charge in [-0.25, -0.2) is 12.1 Å². The average Bonchev–Trinajstić information content (AvgIpc) is 1.76. The van der Waals surface area contributed by atoms with Crippen LogP contribution in [0.5, 0.6) is 0 Å². The predicted octanol–water partition coefficient (Wildman–Crippen LogP) is -7.59. The van der Waals surface area contributed by atoms with Gasteiger partial charge in [0.1, 0.15) is 0 Å². The van der Waals surface area contributed by atoms with E-state index in [1.807, 2.05) is 30.3 Å². The van der Waals surface area contributed by atoms with Gasteiger partial charge in [0.25, 0.3) is 0 Å². The van der Waals surface area contributed by atoms with Crippen molar-refractivity contribution in [2.75, 3.05) is 0 Å². The smallest absolute Gasteiger partial charge is 1.00 e. The van der Waals surface area contributed by atoms with E-state index in [1.165, 1.54) is 0 Å². The van der Waals surface area contributed by atoms with Gasteiger partial charge in [0.05, 0.1) is 0 Å². The van der Waals surface area contributed by atoms with Crippen molar-refractivity contribution in [2.45, 2.75) is 0 Å². The second-order valence-electron chi connectivity index (χ2n) is 0.962. The fraction of sp³-hybridized carbons (Fsp3) is 0. The Kier molecular flexibility index (Phi) is 67.0. The quantitative estimate of drug-likeness (QED) is 0.324. The first-order chi connectivity index (χ1) is 2.50. The third-order valence-electron chi connectivity index (χ3n) is 0.556. The van der Waals surface area contributed by atoms with Gasteiger partial charge in [0.15, 0.2) is 0 Å². The Morgan fingerprint density at radius 2 is 1.00 bits per heavy atom. The second kappa shape index (κ2) is 22.4. The van der Waals surface area contributed by atoms with Crippen LogP contribution in [-0.2, 0) is 43.4 Å². The van der Waals surface area contributed by atoms with Crippen molar-refractivity contribution in [3.63, 3.8) is 0 Å². The van der Waals surface area contributed by atoms with Crippen LogP contribution >= 0.6 is 0 Å². The monoisotopic (exact) mass is 266 g/mol. The van der Waals surface area contributed by atoms with Crippen LogP contribution in [0.1, 0.15) is 0 Å². The molecule has 0 heterocycles. The van der Waals surface area contributed by atoms with Crippen molar-refractivity contribution >= 4 is 0 Å². The van der Waals surface area contributed by atoms with Gasteiger partial charge in [-0.1, -0.05) is 0 Å². The van der Waals surface area contributed by atoms with Crippen molar-refractivity contribution in [2.24, 2.45) is 0 Å². The van der Waals surface area contributed by atoms with Crippen LogP contribution in [0, 0.1) is 0 Å². The van der Waals surface area contributed by atoms with Crippen LogP contribution < -0.4 is 37.2 Å². The van der Waals surface area contributed by atoms with Crippen LogP contribution in [0.25, 0.3) is 0 Å². The van der Waals surface area contributed by atoms with Gasteiger partial charge in [-0.05, 0) is 0 Å². The summed E-state index contributed by atoms with van der Waals surface area (Å²) in [5.74, 6) is 0. The minimum Gasteiger partial charge on any atom is -1.00 e. The molecule has 50 valence electrons. The third-order valence-corrected chi connectivity index (χ3v) is 0.556. The molecule has 1 aromatic carbocycles. The first-order valence-electron chi connectivity index (χ1n) is 1.67. The van der Waals surface area contributed by atoms with Crippen molar-refractivity contribution in [3.8, 4) is 0 Å². The molecule has 0 bridgehead atoms. The second-order valence-corrected chi connectivity index (χ2v) is 0.962. The largest absolute Gasteiger partial charge is 4.00 e. The minimum atomic E-state index is 0. The van der Waals surface area contributed by atoms with E-state index in [4.69, 9.17) is 0 Å². The maximum Gasteiger partial charge on any atom is 4.00 e. The third kappa shape index (κ3) is 16.3. The van der Waals surface area contributed by atoms with Crippen LogP contribution in [0.3, 0.4) is 0 Å². The Bertz CT molecular complexity index is 71.4. The fourth-order valence-corrected chi connectivity index (χ4v) is 0.321. The van der Waals surface area contributed by atoms with Crippen molar-refractivity contribution < 1.29 is 80.7 Å². The summed E-state index contributed by atoms with van der Waals surface area (Å²) in [6.07, 6.45) is 0. The summed E-state index contributed by atoms with van der Waals surface area (Å²) in [5.41, 5.74) is 0. The Hall–Kier alpha value is 1.65. The van der Waals surface area contributed by atoms with Crippen LogP contribution in [-0.4, -0.2) is 0 Å². The maximum absolute atomic E-state index is 2.00. The van der Waals surface area contributed by atoms with E-state index in [9.17, 15) is 0 Å². The van der Waals surface area contributed by atoms with Crippen LogP contribution in [0.2, 0.25) is 0 Å². The van der Waals surface area contributed by atoms with Gasteiger partial charge < -0.3 is 37.2 Å². The van der Waals surface area contributed by atoms with E-state index in [-0.39, 0.29) is 80.7 Å². The Labute approximate surface area is 110 Å². The van der Waals surface area contributed by atoms with Crippen molar-refractivity contribution in [3.05, 3.63) is 30.3 Å². The molecule has 0 unspecified atom stereocenters. The summed E-state index contributed by atoms with van der Waals surface area (Å²) in [6, 6.07) is 10.0. The zero-order valence-electron chi connectivity index (χ0n) is 5.02. The maximum atomic E-state index is 2.00. The van der Waals surface area contributed by atoms with E-state index in [2.05, 4.69) is 0 Å². The Morgan fingerprint density at radius 1 is 0.700 bits per heavy atom. The molecule has 1 aromatic rings. The minimum absolute atomic E-state index is 0. The van der Waals surface area contributed by atoms with Gasteiger partial charge in [-0.2, -0.15) is 18.2 Å². The van der Waals surface area contributed by atoms with Gasteiger partial charge in [0, 0.05) is 0 Å². The summed E-state index contributed by atoms with van der Waals surface area (Å²) in [7, 11) is 0. The van der Waals surface area contributed by atoms with E-state index < -0.39 is 0 Å². The summed E-state index contributed by atoms with van der Waals surface area (Å²) < 4.78 is 0.